The Hall–Kier alpha value is -0.450. The van der Waals surface area contributed by atoms with E-state index in [4.69, 9.17) is 4.74 Å². The van der Waals surface area contributed by atoms with Crippen LogP contribution in [0, 0.1) is 0 Å². The fourth-order valence-corrected chi connectivity index (χ4v) is 2.55. The first-order valence-corrected chi connectivity index (χ1v) is 6.45. The normalized spacial score (nSPS) is 18.2. The Morgan fingerprint density at radius 2 is 2.33 bits per heavy atom. The second-order valence-electron chi connectivity index (χ2n) is 3.84. The van der Waals surface area contributed by atoms with Crippen molar-refractivity contribution in [2.45, 2.75) is 38.8 Å². The topological polar surface area (TPSA) is 34.2 Å². The molecule has 1 N–H and O–H groups in total. The third-order valence-electron chi connectivity index (χ3n) is 2.69. The Kier molecular flexibility index (Phi) is 4.11. The molecule has 0 bridgehead atoms. The molecule has 1 aromatic heterocycles. The first kappa shape index (κ1) is 11.0. The van der Waals surface area contributed by atoms with Crippen molar-refractivity contribution in [3.05, 3.63) is 16.1 Å². The van der Waals surface area contributed by atoms with Gasteiger partial charge < -0.3 is 10.1 Å². The Balaban J connectivity index is 1.76. The second-order valence-corrected chi connectivity index (χ2v) is 5.04. The van der Waals surface area contributed by atoms with Gasteiger partial charge in [-0.2, -0.15) is 0 Å². The fraction of sp³-hybridized carbons (Fsp3) is 0.727. The molecule has 3 nitrogen and oxygen atoms in total. The van der Waals surface area contributed by atoms with E-state index in [0.717, 1.165) is 39.0 Å². The number of rotatable bonds is 4. The molecule has 1 saturated heterocycles. The van der Waals surface area contributed by atoms with Gasteiger partial charge in [0.1, 0.15) is 0 Å². The van der Waals surface area contributed by atoms with E-state index in [1.807, 2.05) is 17.5 Å². The summed E-state index contributed by atoms with van der Waals surface area (Å²) in [6, 6.07) is 0.630. The van der Waals surface area contributed by atoms with E-state index in [2.05, 4.69) is 17.2 Å². The summed E-state index contributed by atoms with van der Waals surface area (Å²) in [4.78, 5) is 5.70. The van der Waals surface area contributed by atoms with Crippen LogP contribution in [0.25, 0.3) is 0 Å². The van der Waals surface area contributed by atoms with Crippen molar-refractivity contribution in [1.82, 2.24) is 10.3 Å². The number of hydrogen-bond acceptors (Lipinski definition) is 4. The van der Waals surface area contributed by atoms with Crippen molar-refractivity contribution in [2.24, 2.45) is 0 Å². The summed E-state index contributed by atoms with van der Waals surface area (Å²) in [6.45, 7) is 4.91. The van der Waals surface area contributed by atoms with Crippen molar-refractivity contribution >= 4 is 11.3 Å². The molecule has 0 radical (unpaired) electrons. The van der Waals surface area contributed by atoms with Gasteiger partial charge in [0, 0.05) is 36.9 Å². The molecule has 0 spiro atoms. The zero-order valence-corrected chi connectivity index (χ0v) is 9.98. The summed E-state index contributed by atoms with van der Waals surface area (Å²) in [5.41, 5.74) is 0. The van der Waals surface area contributed by atoms with E-state index in [0.29, 0.717) is 6.04 Å². The van der Waals surface area contributed by atoms with Gasteiger partial charge in [-0.25, -0.2) is 4.98 Å². The van der Waals surface area contributed by atoms with Gasteiger partial charge in [0.2, 0.25) is 0 Å². The van der Waals surface area contributed by atoms with Crippen LogP contribution >= 0.6 is 11.3 Å². The summed E-state index contributed by atoms with van der Waals surface area (Å²) in [5, 5.41) is 4.80. The van der Waals surface area contributed by atoms with Crippen LogP contribution in [0.15, 0.2) is 6.20 Å². The largest absolute Gasteiger partial charge is 0.381 e. The zero-order valence-electron chi connectivity index (χ0n) is 9.16. The van der Waals surface area contributed by atoms with Crippen LogP contribution in [0.3, 0.4) is 0 Å². The molecule has 0 aliphatic carbocycles. The number of nitrogens with zero attached hydrogens (tertiary/aromatic N) is 1. The molecule has 84 valence electrons. The van der Waals surface area contributed by atoms with E-state index in [1.54, 1.807) is 0 Å². The standard InChI is InChI=1S/C11H18N2OS/c1-2-11-13-8-10(15-11)7-12-9-3-5-14-6-4-9/h8-9,12H,2-7H2,1H3. The number of thiazole rings is 1. The molecular weight excluding hydrogens is 208 g/mol. The third-order valence-corrected chi connectivity index (χ3v) is 3.83. The van der Waals surface area contributed by atoms with Gasteiger partial charge in [-0.1, -0.05) is 6.92 Å². The molecule has 1 aliphatic rings. The first-order chi connectivity index (χ1) is 7.38. The van der Waals surface area contributed by atoms with Gasteiger partial charge in [0.15, 0.2) is 0 Å². The molecule has 2 heterocycles. The van der Waals surface area contributed by atoms with Crippen LogP contribution in [0.4, 0.5) is 0 Å². The lowest BCUT2D eigenvalue weighted by Crippen LogP contribution is -2.34. The summed E-state index contributed by atoms with van der Waals surface area (Å²) in [5.74, 6) is 0. The fourth-order valence-electron chi connectivity index (χ4n) is 1.74. The van der Waals surface area contributed by atoms with Gasteiger partial charge in [-0.05, 0) is 19.3 Å². The van der Waals surface area contributed by atoms with Crippen LogP contribution in [0.2, 0.25) is 0 Å². The second kappa shape index (κ2) is 5.58. The van der Waals surface area contributed by atoms with E-state index in [9.17, 15) is 0 Å². The maximum Gasteiger partial charge on any atom is 0.0925 e. The molecule has 2 rings (SSSR count). The van der Waals surface area contributed by atoms with Crippen LogP contribution in [0.1, 0.15) is 29.7 Å². The molecule has 4 heteroatoms. The predicted molar refractivity (Wildman–Crippen MR) is 62.2 cm³/mol. The highest BCUT2D eigenvalue weighted by Crippen LogP contribution is 2.14. The van der Waals surface area contributed by atoms with Gasteiger partial charge in [-0.3, -0.25) is 0 Å². The third kappa shape index (κ3) is 3.26. The molecule has 15 heavy (non-hydrogen) atoms. The predicted octanol–water partition coefficient (Wildman–Crippen LogP) is 1.97. The average Bonchev–Trinajstić information content (AvgIpc) is 2.76. The van der Waals surface area contributed by atoms with Crippen LogP contribution in [-0.4, -0.2) is 24.2 Å². The van der Waals surface area contributed by atoms with Crippen molar-refractivity contribution < 1.29 is 4.74 Å². The Morgan fingerprint density at radius 3 is 3.00 bits per heavy atom. The van der Waals surface area contributed by atoms with Gasteiger partial charge >= 0.3 is 0 Å². The number of hydrogen-bond donors (Lipinski definition) is 1. The van der Waals surface area contributed by atoms with Crippen molar-refractivity contribution in [3.8, 4) is 0 Å². The molecule has 0 unspecified atom stereocenters. The lowest BCUT2D eigenvalue weighted by atomic mass is 10.1. The molecule has 0 saturated carbocycles. The maximum atomic E-state index is 5.32. The highest BCUT2D eigenvalue weighted by atomic mass is 32.1. The van der Waals surface area contributed by atoms with Crippen molar-refractivity contribution in [3.63, 3.8) is 0 Å². The SMILES string of the molecule is CCc1ncc(CNC2CCOCC2)s1. The number of nitrogens with one attached hydrogen (secondary N) is 1. The molecule has 0 atom stereocenters. The van der Waals surface area contributed by atoms with Crippen LogP contribution < -0.4 is 5.32 Å². The summed E-state index contributed by atoms with van der Waals surface area (Å²) in [7, 11) is 0. The number of aryl methyl sites for hydroxylation is 1. The minimum absolute atomic E-state index is 0.630. The van der Waals surface area contributed by atoms with E-state index < -0.39 is 0 Å². The quantitative estimate of drug-likeness (QED) is 0.852. The van der Waals surface area contributed by atoms with E-state index >= 15 is 0 Å². The van der Waals surface area contributed by atoms with Gasteiger partial charge in [-0.15, -0.1) is 11.3 Å². The van der Waals surface area contributed by atoms with Gasteiger partial charge in [0.05, 0.1) is 5.01 Å². The molecule has 1 fully saturated rings. The highest BCUT2D eigenvalue weighted by molar-refractivity contribution is 7.11. The minimum Gasteiger partial charge on any atom is -0.381 e. The summed E-state index contributed by atoms with van der Waals surface area (Å²) < 4.78 is 5.32. The summed E-state index contributed by atoms with van der Waals surface area (Å²) in [6.07, 6.45) is 5.32. The average molecular weight is 226 g/mol. The lowest BCUT2D eigenvalue weighted by Gasteiger charge is -2.22. The molecule has 0 amide bonds. The molecule has 1 aliphatic heterocycles. The smallest absolute Gasteiger partial charge is 0.0925 e. The molecular formula is C11H18N2OS. The minimum atomic E-state index is 0.630. The lowest BCUT2D eigenvalue weighted by molar-refractivity contribution is 0.0777. The van der Waals surface area contributed by atoms with Crippen LogP contribution in [0.5, 0.6) is 0 Å². The highest BCUT2D eigenvalue weighted by Gasteiger charge is 2.13. The molecule has 0 aromatic carbocycles. The van der Waals surface area contributed by atoms with Crippen LogP contribution in [-0.2, 0) is 17.7 Å². The first-order valence-electron chi connectivity index (χ1n) is 5.63. The van der Waals surface area contributed by atoms with E-state index in [1.165, 1.54) is 9.88 Å². The zero-order chi connectivity index (χ0) is 10.5. The van der Waals surface area contributed by atoms with Crippen molar-refractivity contribution in [1.29, 1.82) is 0 Å². The number of aromatic nitrogens is 1. The summed E-state index contributed by atoms with van der Waals surface area (Å²) >= 11 is 1.82. The Bertz CT molecular complexity index is 295. The van der Waals surface area contributed by atoms with Gasteiger partial charge in [0.25, 0.3) is 0 Å². The number of ether oxygens (including phenoxy) is 1. The Morgan fingerprint density at radius 1 is 1.53 bits per heavy atom. The monoisotopic (exact) mass is 226 g/mol. The Labute approximate surface area is 94.9 Å². The molecule has 1 aromatic rings. The van der Waals surface area contributed by atoms with E-state index in [-0.39, 0.29) is 0 Å². The van der Waals surface area contributed by atoms with Crippen molar-refractivity contribution in [2.75, 3.05) is 13.2 Å². The maximum absolute atomic E-state index is 5.32.